The van der Waals surface area contributed by atoms with Crippen LogP contribution in [-0.2, 0) is 23.7 Å². The van der Waals surface area contributed by atoms with E-state index in [-0.39, 0.29) is 0 Å². The molecule has 3 aliphatic heterocycles. The number of rotatable bonds is 6. The molecule has 0 unspecified atom stereocenters. The number of hydrogen-bond donors (Lipinski definition) is 10. The lowest BCUT2D eigenvalue weighted by Gasteiger charge is -2.47. The second kappa shape index (κ2) is 11.0. The maximum Gasteiger partial charge on any atom is 0.187 e. The first-order valence-electron chi connectivity index (χ1n) is 10.4. The zero-order valence-corrected chi connectivity index (χ0v) is 17.6. The molecule has 15 heteroatoms. The standard InChI is InChI=1S/C18H32O15/c1-4-7(21)14(32-17-12(26)10(24)8(22)6(3-20)31-17)13(27)18(29-4)33-15-11(25)9(23)5(2-19)30-16(15)28/h4-28H,2-3H2,1H3/t4-,5-,6-,7-,8-,9-,10+,11+,12-,13+,14+,15+,16+,17-,18-/m1/s1. The Morgan fingerprint density at radius 3 is 1.67 bits per heavy atom. The second-order valence-electron chi connectivity index (χ2n) is 8.32. The summed E-state index contributed by atoms with van der Waals surface area (Å²) in [5.41, 5.74) is 0. The van der Waals surface area contributed by atoms with Crippen molar-refractivity contribution in [2.45, 2.75) is 99.0 Å². The minimum Gasteiger partial charge on any atom is -0.394 e. The van der Waals surface area contributed by atoms with Gasteiger partial charge in [-0.25, -0.2) is 0 Å². The van der Waals surface area contributed by atoms with E-state index in [9.17, 15) is 46.0 Å². The van der Waals surface area contributed by atoms with Crippen LogP contribution in [0.1, 0.15) is 6.92 Å². The SMILES string of the molecule is C[C@H]1O[C@H](O[C@H]2[C@@H](O)[C@H](O)[C@@H](CO)O[C@@H]2O)[C@@H](O)[C@@H](O[C@H]2O[C@H](CO)[C@@H](O)[C@H](O)[C@H]2O)[C@@H]1O. The lowest BCUT2D eigenvalue weighted by Crippen LogP contribution is -2.66. The maximum absolute atomic E-state index is 10.7. The fourth-order valence-electron chi connectivity index (χ4n) is 3.98. The van der Waals surface area contributed by atoms with Crippen molar-refractivity contribution in [3.63, 3.8) is 0 Å². The normalized spacial score (nSPS) is 53.7. The molecule has 0 aromatic carbocycles. The molecule has 0 radical (unpaired) electrons. The van der Waals surface area contributed by atoms with Crippen molar-refractivity contribution in [1.82, 2.24) is 0 Å². The Bertz CT molecular complexity index is 624. The van der Waals surface area contributed by atoms with Gasteiger partial charge in [0.15, 0.2) is 18.9 Å². The Morgan fingerprint density at radius 2 is 1.06 bits per heavy atom. The first kappa shape index (κ1) is 27.0. The highest BCUT2D eigenvalue weighted by Gasteiger charge is 2.52. The van der Waals surface area contributed by atoms with Gasteiger partial charge < -0.3 is 74.7 Å². The van der Waals surface area contributed by atoms with Crippen molar-refractivity contribution >= 4 is 0 Å². The van der Waals surface area contributed by atoms with E-state index in [0.29, 0.717) is 0 Å². The molecule has 3 rings (SSSR count). The Hall–Kier alpha value is -0.600. The quantitative estimate of drug-likeness (QED) is 0.167. The van der Waals surface area contributed by atoms with E-state index in [1.54, 1.807) is 0 Å². The third kappa shape index (κ3) is 5.32. The Kier molecular flexibility index (Phi) is 8.99. The van der Waals surface area contributed by atoms with Crippen molar-refractivity contribution in [3.8, 4) is 0 Å². The highest BCUT2D eigenvalue weighted by molar-refractivity contribution is 4.95. The summed E-state index contributed by atoms with van der Waals surface area (Å²) in [6.45, 7) is -0.0271. The van der Waals surface area contributed by atoms with Crippen molar-refractivity contribution < 1.29 is 74.7 Å². The van der Waals surface area contributed by atoms with Gasteiger partial charge in [0.1, 0.15) is 67.1 Å². The van der Waals surface area contributed by atoms with Gasteiger partial charge in [0.05, 0.1) is 19.3 Å². The van der Waals surface area contributed by atoms with Crippen molar-refractivity contribution in [2.24, 2.45) is 0 Å². The monoisotopic (exact) mass is 488 g/mol. The summed E-state index contributed by atoms with van der Waals surface area (Å²) in [6, 6.07) is 0. The third-order valence-corrected chi connectivity index (χ3v) is 6.06. The Balaban J connectivity index is 1.72. The minimum absolute atomic E-state index is 0.692. The topological polar surface area (TPSA) is 248 Å². The maximum atomic E-state index is 10.7. The van der Waals surface area contributed by atoms with Gasteiger partial charge in [-0.3, -0.25) is 0 Å². The summed E-state index contributed by atoms with van der Waals surface area (Å²) in [5.74, 6) is 0. The van der Waals surface area contributed by atoms with Crippen molar-refractivity contribution in [3.05, 3.63) is 0 Å². The number of aliphatic hydroxyl groups excluding tert-OH is 10. The zero-order valence-electron chi connectivity index (χ0n) is 17.6. The van der Waals surface area contributed by atoms with Gasteiger partial charge in [0.2, 0.25) is 0 Å². The largest absolute Gasteiger partial charge is 0.394 e. The highest BCUT2D eigenvalue weighted by Crippen LogP contribution is 2.32. The van der Waals surface area contributed by atoms with Gasteiger partial charge in [-0.1, -0.05) is 0 Å². The van der Waals surface area contributed by atoms with Crippen LogP contribution in [0.2, 0.25) is 0 Å². The summed E-state index contributed by atoms with van der Waals surface area (Å²) in [5, 5.41) is 99.9. The van der Waals surface area contributed by atoms with Crippen LogP contribution in [0.4, 0.5) is 0 Å². The minimum atomic E-state index is -1.82. The summed E-state index contributed by atoms with van der Waals surface area (Å²) in [4.78, 5) is 0. The van der Waals surface area contributed by atoms with Crippen LogP contribution >= 0.6 is 0 Å². The molecule has 0 saturated carbocycles. The van der Waals surface area contributed by atoms with Crippen LogP contribution < -0.4 is 0 Å². The molecule has 15 nitrogen and oxygen atoms in total. The molecular formula is C18H32O15. The van der Waals surface area contributed by atoms with Gasteiger partial charge >= 0.3 is 0 Å². The molecule has 0 amide bonds. The van der Waals surface area contributed by atoms with Crippen LogP contribution in [-0.4, -0.2) is 156 Å². The summed E-state index contributed by atoms with van der Waals surface area (Å²) in [7, 11) is 0. The highest BCUT2D eigenvalue weighted by atomic mass is 16.7. The van der Waals surface area contributed by atoms with Gasteiger partial charge in [0.25, 0.3) is 0 Å². The molecule has 0 aromatic rings. The fourth-order valence-corrected chi connectivity index (χ4v) is 3.98. The Labute approximate surface area is 187 Å². The summed E-state index contributed by atoms with van der Waals surface area (Å²) < 4.78 is 26.5. The van der Waals surface area contributed by atoms with Gasteiger partial charge in [-0.15, -0.1) is 0 Å². The van der Waals surface area contributed by atoms with E-state index in [4.69, 9.17) is 28.8 Å². The van der Waals surface area contributed by atoms with Gasteiger partial charge in [0, 0.05) is 0 Å². The molecule has 3 heterocycles. The first-order valence-corrected chi connectivity index (χ1v) is 10.4. The predicted molar refractivity (Wildman–Crippen MR) is 99.8 cm³/mol. The number of ether oxygens (including phenoxy) is 5. The molecule has 15 atom stereocenters. The van der Waals surface area contributed by atoms with Crippen LogP contribution in [0.3, 0.4) is 0 Å². The molecular weight excluding hydrogens is 456 g/mol. The average molecular weight is 488 g/mol. The van der Waals surface area contributed by atoms with Crippen LogP contribution in [0.25, 0.3) is 0 Å². The summed E-state index contributed by atoms with van der Waals surface area (Å²) in [6.07, 6.45) is -23.9. The smallest absolute Gasteiger partial charge is 0.187 e. The molecule has 0 bridgehead atoms. The lowest BCUT2D eigenvalue weighted by atomic mass is 9.96. The molecule has 3 saturated heterocycles. The van der Waals surface area contributed by atoms with Gasteiger partial charge in [-0.05, 0) is 6.92 Å². The van der Waals surface area contributed by atoms with E-state index in [0.717, 1.165) is 0 Å². The predicted octanol–water partition coefficient (Wildman–Crippen LogP) is -6.55. The zero-order chi connectivity index (χ0) is 24.6. The molecule has 0 aliphatic carbocycles. The number of hydrogen-bond acceptors (Lipinski definition) is 15. The van der Waals surface area contributed by atoms with Gasteiger partial charge in [-0.2, -0.15) is 0 Å². The third-order valence-electron chi connectivity index (χ3n) is 6.06. The van der Waals surface area contributed by atoms with E-state index in [2.05, 4.69) is 0 Å². The summed E-state index contributed by atoms with van der Waals surface area (Å²) >= 11 is 0. The van der Waals surface area contributed by atoms with Crippen LogP contribution in [0, 0.1) is 0 Å². The molecule has 194 valence electrons. The number of aliphatic hydroxyl groups is 10. The molecule has 33 heavy (non-hydrogen) atoms. The molecule has 10 N–H and O–H groups in total. The molecule has 0 spiro atoms. The van der Waals surface area contributed by atoms with E-state index in [1.165, 1.54) is 6.92 Å². The lowest BCUT2D eigenvalue weighted by molar-refractivity contribution is -0.380. The van der Waals surface area contributed by atoms with E-state index >= 15 is 0 Å². The molecule has 3 fully saturated rings. The van der Waals surface area contributed by atoms with Crippen molar-refractivity contribution in [2.75, 3.05) is 13.2 Å². The van der Waals surface area contributed by atoms with E-state index < -0.39 is 105 Å². The van der Waals surface area contributed by atoms with Crippen molar-refractivity contribution in [1.29, 1.82) is 0 Å². The fraction of sp³-hybridized carbons (Fsp3) is 1.00. The first-order chi connectivity index (χ1) is 15.5. The van der Waals surface area contributed by atoms with Crippen LogP contribution in [0.5, 0.6) is 0 Å². The Morgan fingerprint density at radius 1 is 0.545 bits per heavy atom. The average Bonchev–Trinajstić information content (AvgIpc) is 2.79. The molecule has 0 aromatic heterocycles. The molecule has 3 aliphatic rings. The van der Waals surface area contributed by atoms with E-state index in [1.807, 2.05) is 0 Å². The second-order valence-corrected chi connectivity index (χ2v) is 8.32. The van der Waals surface area contributed by atoms with Crippen LogP contribution in [0.15, 0.2) is 0 Å².